The molecule has 1 aromatic rings. The molecule has 0 saturated carbocycles. The molecule has 1 N–H and O–H groups in total. The molecule has 0 aliphatic heterocycles. The van der Waals surface area contributed by atoms with Gasteiger partial charge in [0, 0.05) is 30.2 Å². The molecule has 0 radical (unpaired) electrons. The largest absolute Gasteiger partial charge is 0.359 e. The summed E-state index contributed by atoms with van der Waals surface area (Å²) in [6.07, 6.45) is 7.03. The van der Waals surface area contributed by atoms with Gasteiger partial charge in [-0.15, -0.1) is 0 Å². The Morgan fingerprint density at radius 2 is 2.10 bits per heavy atom. The lowest BCUT2D eigenvalue weighted by molar-refractivity contribution is 1.01. The molecule has 0 bridgehead atoms. The molecule has 21 heavy (non-hydrogen) atoms. The van der Waals surface area contributed by atoms with E-state index in [1.807, 2.05) is 19.2 Å². The van der Waals surface area contributed by atoms with Crippen LogP contribution >= 0.6 is 0 Å². The molecule has 1 aromatic carbocycles. The summed E-state index contributed by atoms with van der Waals surface area (Å²) in [5, 5.41) is 3.34. The summed E-state index contributed by atoms with van der Waals surface area (Å²) in [7, 11) is 1.76. The minimum absolute atomic E-state index is 0.862. The van der Waals surface area contributed by atoms with Crippen molar-refractivity contribution in [2.45, 2.75) is 34.1 Å². The molecular weight excluding hydrogens is 256 g/mol. The highest BCUT2D eigenvalue weighted by Gasteiger charge is 2.02. The fourth-order valence-corrected chi connectivity index (χ4v) is 2.29. The number of nitrogens with one attached hydrogen (secondary N) is 1. The number of aryl methyl sites for hydroxylation is 1. The highest BCUT2D eigenvalue weighted by atomic mass is 14.9. The Balaban J connectivity index is 2.94. The second-order valence-corrected chi connectivity index (χ2v) is 5.05. The highest BCUT2D eigenvalue weighted by Crippen LogP contribution is 2.17. The van der Waals surface area contributed by atoms with E-state index >= 15 is 0 Å². The predicted octanol–water partition coefficient (Wildman–Crippen LogP) is 4.67. The first-order chi connectivity index (χ1) is 10.0. The van der Waals surface area contributed by atoms with E-state index in [-0.39, 0.29) is 0 Å². The van der Waals surface area contributed by atoms with Gasteiger partial charge in [-0.1, -0.05) is 37.8 Å². The van der Waals surface area contributed by atoms with Gasteiger partial charge in [0.05, 0.1) is 0 Å². The third-order valence-electron chi connectivity index (χ3n) is 3.52. The van der Waals surface area contributed by atoms with Gasteiger partial charge in [0.1, 0.15) is 0 Å². The molecule has 0 aliphatic carbocycles. The Morgan fingerprint density at radius 3 is 2.67 bits per heavy atom. The minimum atomic E-state index is 0.862. The molecule has 0 aromatic heterocycles. The molecule has 2 heteroatoms. The molecule has 2 nitrogen and oxygen atoms in total. The van der Waals surface area contributed by atoms with Crippen molar-refractivity contribution in [2.75, 3.05) is 7.05 Å². The monoisotopic (exact) mass is 282 g/mol. The summed E-state index contributed by atoms with van der Waals surface area (Å²) in [6, 6.07) is 6.44. The standard InChI is InChI=1S/C19H26N2/c1-7-17-10-9-11-19(15(17)4)12-14(3)21-16(5)18(8-2)13-20-6/h8-13,21H,5,7H2,1-4,6H3/b14-12+,18-8+,20-13?. The van der Waals surface area contributed by atoms with Gasteiger partial charge < -0.3 is 5.32 Å². The van der Waals surface area contributed by atoms with Crippen LogP contribution in [0.15, 0.2) is 52.8 Å². The first-order valence-corrected chi connectivity index (χ1v) is 7.35. The maximum Gasteiger partial charge on any atom is 0.0394 e. The fourth-order valence-electron chi connectivity index (χ4n) is 2.29. The van der Waals surface area contributed by atoms with Gasteiger partial charge in [-0.05, 0) is 50.0 Å². The smallest absolute Gasteiger partial charge is 0.0394 e. The summed E-state index contributed by atoms with van der Waals surface area (Å²) >= 11 is 0. The fraction of sp³-hybridized carbons (Fsp3) is 0.316. The van der Waals surface area contributed by atoms with Crippen LogP contribution in [0.5, 0.6) is 0 Å². The van der Waals surface area contributed by atoms with E-state index in [1.165, 1.54) is 16.7 Å². The number of aliphatic imine (C=N–C) groups is 1. The van der Waals surface area contributed by atoms with Crippen molar-refractivity contribution in [3.8, 4) is 0 Å². The zero-order chi connectivity index (χ0) is 15.8. The summed E-state index contributed by atoms with van der Waals surface area (Å²) in [6.45, 7) is 12.5. The Bertz CT molecular complexity index is 590. The van der Waals surface area contributed by atoms with E-state index in [9.17, 15) is 0 Å². The molecule has 0 saturated heterocycles. The third-order valence-corrected chi connectivity index (χ3v) is 3.52. The lowest BCUT2D eigenvalue weighted by Crippen LogP contribution is -2.12. The van der Waals surface area contributed by atoms with Crippen LogP contribution in [0.1, 0.15) is 37.5 Å². The van der Waals surface area contributed by atoms with Gasteiger partial charge in [-0.25, -0.2) is 0 Å². The lowest BCUT2D eigenvalue weighted by atomic mass is 10.00. The van der Waals surface area contributed by atoms with Crippen molar-refractivity contribution in [2.24, 2.45) is 4.99 Å². The van der Waals surface area contributed by atoms with Gasteiger partial charge in [0.2, 0.25) is 0 Å². The number of hydrogen-bond donors (Lipinski definition) is 1. The van der Waals surface area contributed by atoms with Crippen LogP contribution in [0.25, 0.3) is 6.08 Å². The minimum Gasteiger partial charge on any atom is -0.359 e. The first-order valence-electron chi connectivity index (χ1n) is 7.35. The zero-order valence-corrected chi connectivity index (χ0v) is 13.8. The Labute approximate surface area is 129 Å². The maximum atomic E-state index is 4.07. The van der Waals surface area contributed by atoms with Gasteiger partial charge in [-0.3, -0.25) is 4.99 Å². The number of nitrogens with zero attached hydrogens (tertiary/aromatic N) is 1. The summed E-state index contributed by atoms with van der Waals surface area (Å²) in [4.78, 5) is 4.04. The van der Waals surface area contributed by atoms with Gasteiger partial charge >= 0.3 is 0 Å². The molecule has 112 valence electrons. The molecule has 0 amide bonds. The highest BCUT2D eigenvalue weighted by molar-refractivity contribution is 5.84. The van der Waals surface area contributed by atoms with Crippen LogP contribution in [0.3, 0.4) is 0 Å². The van der Waals surface area contributed by atoms with Crippen LogP contribution in [0, 0.1) is 6.92 Å². The van der Waals surface area contributed by atoms with Gasteiger partial charge in [-0.2, -0.15) is 0 Å². The van der Waals surface area contributed by atoms with Crippen molar-refractivity contribution in [1.82, 2.24) is 5.32 Å². The molecule has 0 heterocycles. The van der Waals surface area contributed by atoms with E-state index in [0.29, 0.717) is 0 Å². The van der Waals surface area contributed by atoms with Crippen LogP contribution < -0.4 is 5.32 Å². The maximum absolute atomic E-state index is 4.07. The second kappa shape index (κ2) is 8.25. The van der Waals surface area contributed by atoms with Crippen molar-refractivity contribution >= 4 is 12.3 Å². The first kappa shape index (κ1) is 17.0. The van der Waals surface area contributed by atoms with Gasteiger partial charge in [0.25, 0.3) is 0 Å². The van der Waals surface area contributed by atoms with Crippen LogP contribution in [0.4, 0.5) is 0 Å². The van der Waals surface area contributed by atoms with Crippen molar-refractivity contribution < 1.29 is 0 Å². The number of rotatable bonds is 6. The van der Waals surface area contributed by atoms with E-state index in [1.54, 1.807) is 7.05 Å². The molecule has 0 unspecified atom stereocenters. The number of benzene rings is 1. The van der Waals surface area contributed by atoms with E-state index in [4.69, 9.17) is 0 Å². The van der Waals surface area contributed by atoms with E-state index < -0.39 is 0 Å². The summed E-state index contributed by atoms with van der Waals surface area (Å²) < 4.78 is 0. The van der Waals surface area contributed by atoms with Crippen molar-refractivity contribution in [3.05, 3.63) is 64.5 Å². The Kier molecular flexibility index (Phi) is 6.67. The number of allylic oxidation sites excluding steroid dienone is 3. The van der Waals surface area contributed by atoms with Crippen molar-refractivity contribution in [3.63, 3.8) is 0 Å². The average molecular weight is 282 g/mol. The van der Waals surface area contributed by atoms with Gasteiger partial charge in [0.15, 0.2) is 0 Å². The molecule has 0 aliphatic rings. The Hall–Kier alpha value is -2.09. The van der Waals surface area contributed by atoms with Crippen LogP contribution in [0.2, 0.25) is 0 Å². The molecule has 0 fully saturated rings. The van der Waals surface area contributed by atoms with Crippen molar-refractivity contribution in [1.29, 1.82) is 0 Å². The molecule has 0 atom stereocenters. The average Bonchev–Trinajstić information content (AvgIpc) is 2.46. The van der Waals surface area contributed by atoms with E-state index in [0.717, 1.165) is 23.4 Å². The number of hydrogen-bond acceptors (Lipinski definition) is 2. The lowest BCUT2D eigenvalue weighted by Gasteiger charge is -2.12. The van der Waals surface area contributed by atoms with Crippen LogP contribution in [-0.2, 0) is 6.42 Å². The zero-order valence-electron chi connectivity index (χ0n) is 13.8. The second-order valence-electron chi connectivity index (χ2n) is 5.05. The van der Waals surface area contributed by atoms with E-state index in [2.05, 4.69) is 61.9 Å². The quantitative estimate of drug-likeness (QED) is 0.595. The molecule has 0 spiro atoms. The normalized spacial score (nSPS) is 12.8. The third kappa shape index (κ3) is 4.75. The Morgan fingerprint density at radius 1 is 1.38 bits per heavy atom. The summed E-state index contributed by atoms with van der Waals surface area (Å²) in [5.41, 5.74) is 6.92. The SMILES string of the molecule is C=C(N/C(C)=C/c1cccc(CC)c1C)/C(C=NC)=C/C. The summed E-state index contributed by atoms with van der Waals surface area (Å²) in [5.74, 6) is 0. The molecular formula is C19H26N2. The van der Waals surface area contributed by atoms with Crippen LogP contribution in [-0.4, -0.2) is 13.3 Å². The predicted molar refractivity (Wildman–Crippen MR) is 94.7 cm³/mol. The molecule has 1 rings (SSSR count). The topological polar surface area (TPSA) is 24.4 Å².